The molecule has 2 aromatic carbocycles. The lowest BCUT2D eigenvalue weighted by Crippen LogP contribution is -2.25. The van der Waals surface area contributed by atoms with Crippen molar-refractivity contribution in [1.82, 2.24) is 0 Å². The van der Waals surface area contributed by atoms with Gasteiger partial charge in [0.1, 0.15) is 50.1 Å². The predicted octanol–water partition coefficient (Wildman–Crippen LogP) is 3.75. The van der Waals surface area contributed by atoms with Gasteiger partial charge in [-0.15, -0.1) is 0 Å². The average molecular weight is 513 g/mol. The van der Waals surface area contributed by atoms with E-state index in [-0.39, 0.29) is 43.5 Å². The van der Waals surface area contributed by atoms with Gasteiger partial charge in [0.25, 0.3) is 0 Å². The third-order valence-electron chi connectivity index (χ3n) is 5.31. The normalized spacial score (nSPS) is 13.1. The molecule has 3 atom stereocenters. The number of carbonyl (C=O) groups is 2. The molecule has 2 N–H and O–H groups in total. The van der Waals surface area contributed by atoms with Gasteiger partial charge in [0, 0.05) is 11.1 Å². The summed E-state index contributed by atoms with van der Waals surface area (Å²) < 4.78 is 21.0. The smallest absolute Gasteiger partial charge is 0.333 e. The molecular weight excluding hydrogens is 476 g/mol. The first-order valence-corrected chi connectivity index (χ1v) is 12.0. The number of ether oxygens (including phenoxy) is 4. The van der Waals surface area contributed by atoms with Crippen molar-refractivity contribution >= 4 is 11.9 Å². The first kappa shape index (κ1) is 29.6. The molecule has 0 heterocycles. The number of aliphatic hydroxyl groups is 2. The van der Waals surface area contributed by atoms with Crippen LogP contribution in [0, 0.1) is 0 Å². The SMILES string of the molecule is C=C(C)C(=O)OCC(O)COc1ccc(CC(C)c2ccc(OCC(O)COC(=O)C(=C)C)cc2)cc1. The molecule has 2 rings (SSSR count). The zero-order valence-electron chi connectivity index (χ0n) is 21.6. The van der Waals surface area contributed by atoms with E-state index < -0.39 is 24.1 Å². The van der Waals surface area contributed by atoms with Crippen molar-refractivity contribution in [2.45, 2.75) is 45.3 Å². The van der Waals surface area contributed by atoms with Crippen molar-refractivity contribution in [3.63, 3.8) is 0 Å². The van der Waals surface area contributed by atoms with Crippen molar-refractivity contribution < 1.29 is 38.7 Å². The molecule has 0 spiro atoms. The Balaban J connectivity index is 1.76. The van der Waals surface area contributed by atoms with Crippen LogP contribution in [0.25, 0.3) is 0 Å². The van der Waals surface area contributed by atoms with Crippen LogP contribution in [0.5, 0.6) is 11.5 Å². The van der Waals surface area contributed by atoms with Gasteiger partial charge in [0.15, 0.2) is 0 Å². The molecule has 0 fully saturated rings. The zero-order valence-corrected chi connectivity index (χ0v) is 21.6. The van der Waals surface area contributed by atoms with Crippen LogP contribution in [0.2, 0.25) is 0 Å². The Morgan fingerprint density at radius 2 is 1.14 bits per heavy atom. The fourth-order valence-corrected chi connectivity index (χ4v) is 3.16. The van der Waals surface area contributed by atoms with Crippen LogP contribution in [-0.4, -0.2) is 60.8 Å². The van der Waals surface area contributed by atoms with Gasteiger partial charge in [-0.25, -0.2) is 9.59 Å². The summed E-state index contributed by atoms with van der Waals surface area (Å²) >= 11 is 0. The third kappa shape index (κ3) is 10.9. The van der Waals surface area contributed by atoms with Crippen molar-refractivity contribution in [1.29, 1.82) is 0 Å². The van der Waals surface area contributed by atoms with E-state index in [1.807, 2.05) is 48.5 Å². The topological polar surface area (TPSA) is 112 Å². The van der Waals surface area contributed by atoms with E-state index in [1.165, 1.54) is 0 Å². The number of carbonyl (C=O) groups excluding carboxylic acids is 2. The van der Waals surface area contributed by atoms with Crippen LogP contribution in [-0.2, 0) is 25.5 Å². The molecule has 0 saturated carbocycles. The summed E-state index contributed by atoms with van der Waals surface area (Å²) in [7, 11) is 0. The second-order valence-corrected chi connectivity index (χ2v) is 9.01. The Morgan fingerprint density at radius 3 is 1.54 bits per heavy atom. The predicted molar refractivity (Wildman–Crippen MR) is 140 cm³/mol. The molecule has 0 aromatic heterocycles. The summed E-state index contributed by atoms with van der Waals surface area (Å²) in [6, 6.07) is 15.3. The van der Waals surface area contributed by atoms with Crippen LogP contribution >= 0.6 is 0 Å². The van der Waals surface area contributed by atoms with Crippen molar-refractivity contribution in [2.24, 2.45) is 0 Å². The second kappa shape index (κ2) is 14.8. The maximum Gasteiger partial charge on any atom is 0.333 e. The summed E-state index contributed by atoms with van der Waals surface area (Å²) in [6.45, 7) is 11.9. The van der Waals surface area contributed by atoms with Crippen LogP contribution in [0.3, 0.4) is 0 Å². The highest BCUT2D eigenvalue weighted by Gasteiger charge is 2.13. The molecule has 0 radical (unpaired) electrons. The first-order chi connectivity index (χ1) is 17.5. The summed E-state index contributed by atoms with van der Waals surface area (Å²) in [4.78, 5) is 22.8. The molecule has 0 saturated heterocycles. The molecule has 200 valence electrons. The monoisotopic (exact) mass is 512 g/mol. The van der Waals surface area contributed by atoms with E-state index in [0.29, 0.717) is 11.5 Å². The summed E-state index contributed by atoms with van der Waals surface area (Å²) in [5.74, 6) is 0.381. The van der Waals surface area contributed by atoms with Gasteiger partial charge in [-0.2, -0.15) is 0 Å². The minimum absolute atomic E-state index is 0.00343. The van der Waals surface area contributed by atoms with Gasteiger partial charge in [0.05, 0.1) is 0 Å². The minimum atomic E-state index is -0.934. The van der Waals surface area contributed by atoms with Crippen LogP contribution in [0.15, 0.2) is 72.8 Å². The summed E-state index contributed by atoms with van der Waals surface area (Å²) in [5.41, 5.74) is 2.81. The third-order valence-corrected chi connectivity index (χ3v) is 5.31. The average Bonchev–Trinajstić information content (AvgIpc) is 2.88. The highest BCUT2D eigenvalue weighted by molar-refractivity contribution is 5.87. The number of benzene rings is 2. The van der Waals surface area contributed by atoms with Gasteiger partial charge in [-0.3, -0.25) is 0 Å². The lowest BCUT2D eigenvalue weighted by molar-refractivity contribution is -0.143. The highest BCUT2D eigenvalue weighted by Crippen LogP contribution is 2.24. The lowest BCUT2D eigenvalue weighted by atomic mass is 9.94. The Bertz CT molecular complexity index is 1040. The fourth-order valence-electron chi connectivity index (χ4n) is 3.16. The van der Waals surface area contributed by atoms with Gasteiger partial charge >= 0.3 is 11.9 Å². The van der Waals surface area contributed by atoms with Gasteiger partial charge in [0.2, 0.25) is 0 Å². The molecule has 8 heteroatoms. The molecular formula is C29H36O8. The Kier molecular flexibility index (Phi) is 11.9. The standard InChI is InChI=1S/C29H36O8/c1-19(2)28(32)36-17-24(30)15-34-26-10-6-22(7-11-26)14-21(5)23-8-12-27(13-9-23)35-16-25(31)18-37-29(33)20(3)4/h6-13,21,24-25,30-31H,1,3,14-18H2,2,4-5H3. The van der Waals surface area contributed by atoms with E-state index >= 15 is 0 Å². The highest BCUT2D eigenvalue weighted by atomic mass is 16.6. The number of hydrogen-bond acceptors (Lipinski definition) is 8. The van der Waals surface area contributed by atoms with E-state index in [4.69, 9.17) is 18.9 Å². The van der Waals surface area contributed by atoms with Gasteiger partial charge in [-0.1, -0.05) is 44.3 Å². The summed E-state index contributed by atoms with van der Waals surface area (Å²) in [6.07, 6.45) is -1.05. The Labute approximate surface area is 218 Å². The number of esters is 2. The number of hydrogen-bond donors (Lipinski definition) is 2. The molecule has 8 nitrogen and oxygen atoms in total. The van der Waals surface area contributed by atoms with Crippen LogP contribution in [0.4, 0.5) is 0 Å². The lowest BCUT2D eigenvalue weighted by Gasteiger charge is -2.16. The molecule has 2 aromatic rings. The second-order valence-electron chi connectivity index (χ2n) is 9.01. The van der Waals surface area contributed by atoms with Crippen molar-refractivity contribution in [3.8, 4) is 11.5 Å². The Hall–Kier alpha value is -3.62. The molecule has 0 bridgehead atoms. The van der Waals surface area contributed by atoms with Crippen molar-refractivity contribution in [3.05, 3.63) is 84.0 Å². The number of aliphatic hydroxyl groups excluding tert-OH is 2. The first-order valence-electron chi connectivity index (χ1n) is 12.0. The summed E-state index contributed by atoms with van der Waals surface area (Å²) in [5, 5.41) is 19.8. The molecule has 0 aliphatic carbocycles. The van der Waals surface area contributed by atoms with Crippen molar-refractivity contribution in [2.75, 3.05) is 26.4 Å². The number of rotatable bonds is 15. The molecule has 0 aliphatic heterocycles. The Morgan fingerprint density at radius 1 is 0.730 bits per heavy atom. The minimum Gasteiger partial charge on any atom is -0.491 e. The quantitative estimate of drug-likeness (QED) is 0.274. The van der Waals surface area contributed by atoms with E-state index in [9.17, 15) is 19.8 Å². The van der Waals surface area contributed by atoms with Crippen LogP contribution in [0.1, 0.15) is 37.8 Å². The van der Waals surface area contributed by atoms with Gasteiger partial charge < -0.3 is 29.2 Å². The molecule has 0 amide bonds. The van der Waals surface area contributed by atoms with Gasteiger partial charge in [-0.05, 0) is 61.6 Å². The molecule has 37 heavy (non-hydrogen) atoms. The molecule has 3 unspecified atom stereocenters. The van der Waals surface area contributed by atoms with Crippen LogP contribution < -0.4 is 9.47 Å². The van der Waals surface area contributed by atoms with E-state index in [1.54, 1.807) is 13.8 Å². The maximum atomic E-state index is 11.4. The fraction of sp³-hybridized carbons (Fsp3) is 0.379. The largest absolute Gasteiger partial charge is 0.491 e. The molecule has 0 aliphatic rings. The zero-order chi connectivity index (χ0) is 27.4. The van der Waals surface area contributed by atoms with E-state index in [0.717, 1.165) is 17.5 Å². The van der Waals surface area contributed by atoms with E-state index in [2.05, 4.69) is 20.1 Å². The maximum absolute atomic E-state index is 11.4.